The maximum Gasteiger partial charge on any atom is 0.238 e. The van der Waals surface area contributed by atoms with Crippen LogP contribution in [-0.4, -0.2) is 26.0 Å². The molecule has 1 aromatic rings. The van der Waals surface area contributed by atoms with Gasteiger partial charge in [0.25, 0.3) is 0 Å². The standard InChI is InChI=1S/C18H21NO4/c1-10-7-13-14(8-11(10)2)18(21)19(17(13)20)15-9-12(22-3)5-6-16(15)23-4/h5-6,9,13-14H,7-8H2,1-4H3/t13-,14+. The highest BCUT2D eigenvalue weighted by Crippen LogP contribution is 2.44. The van der Waals surface area contributed by atoms with E-state index in [-0.39, 0.29) is 23.7 Å². The topological polar surface area (TPSA) is 55.8 Å². The number of hydrogen-bond donors (Lipinski definition) is 0. The second kappa shape index (κ2) is 5.72. The van der Waals surface area contributed by atoms with Crippen LogP contribution in [0, 0.1) is 11.8 Å². The van der Waals surface area contributed by atoms with Gasteiger partial charge in [-0.2, -0.15) is 0 Å². The first-order valence-electron chi connectivity index (χ1n) is 7.73. The molecule has 0 N–H and O–H groups in total. The number of ether oxygens (including phenoxy) is 2. The number of allylic oxidation sites excluding steroid dienone is 2. The third-order valence-electron chi connectivity index (χ3n) is 4.97. The molecule has 2 atom stereocenters. The Kier molecular flexibility index (Phi) is 3.88. The SMILES string of the molecule is COc1ccc(OC)c(N2C(=O)[C@H]3CC(C)=C(C)C[C@H]3C2=O)c1. The highest BCUT2D eigenvalue weighted by molar-refractivity contribution is 6.23. The van der Waals surface area contributed by atoms with Crippen LogP contribution in [0.2, 0.25) is 0 Å². The van der Waals surface area contributed by atoms with Crippen LogP contribution < -0.4 is 14.4 Å². The Morgan fingerprint density at radius 1 is 0.957 bits per heavy atom. The Bertz CT molecular complexity index is 675. The Morgan fingerprint density at radius 3 is 2.00 bits per heavy atom. The van der Waals surface area contributed by atoms with Gasteiger partial charge in [-0.1, -0.05) is 11.1 Å². The first-order valence-corrected chi connectivity index (χ1v) is 7.73. The molecule has 1 saturated heterocycles. The molecule has 0 saturated carbocycles. The summed E-state index contributed by atoms with van der Waals surface area (Å²) in [5.74, 6) is 0.273. The largest absolute Gasteiger partial charge is 0.497 e. The number of nitrogens with zero attached hydrogens (tertiary/aromatic N) is 1. The lowest BCUT2D eigenvalue weighted by molar-refractivity contribution is -0.122. The van der Waals surface area contributed by atoms with Crippen molar-refractivity contribution in [3.8, 4) is 11.5 Å². The molecule has 1 fully saturated rings. The van der Waals surface area contributed by atoms with Gasteiger partial charge in [0.15, 0.2) is 0 Å². The molecule has 2 aliphatic rings. The third-order valence-corrected chi connectivity index (χ3v) is 4.97. The lowest BCUT2D eigenvalue weighted by Gasteiger charge is -2.23. The first kappa shape index (κ1) is 15.6. The number of rotatable bonds is 3. The number of hydrogen-bond acceptors (Lipinski definition) is 4. The Morgan fingerprint density at radius 2 is 1.52 bits per heavy atom. The predicted molar refractivity (Wildman–Crippen MR) is 86.6 cm³/mol. The van der Waals surface area contributed by atoms with Crippen LogP contribution in [0.1, 0.15) is 26.7 Å². The van der Waals surface area contributed by atoms with Gasteiger partial charge >= 0.3 is 0 Å². The highest BCUT2D eigenvalue weighted by atomic mass is 16.5. The predicted octanol–water partition coefficient (Wildman–Crippen LogP) is 2.94. The van der Waals surface area contributed by atoms with Crippen molar-refractivity contribution in [2.24, 2.45) is 11.8 Å². The summed E-state index contributed by atoms with van der Waals surface area (Å²) in [6.07, 6.45) is 1.31. The van der Waals surface area contributed by atoms with E-state index in [2.05, 4.69) is 0 Å². The molecule has 122 valence electrons. The number of anilines is 1. The minimum absolute atomic E-state index is 0.140. The molecular formula is C18H21NO4. The normalized spacial score (nSPS) is 24.1. The van der Waals surface area contributed by atoms with Crippen molar-refractivity contribution in [3.63, 3.8) is 0 Å². The van der Waals surface area contributed by atoms with Gasteiger partial charge in [-0.05, 0) is 38.8 Å². The second-order valence-electron chi connectivity index (χ2n) is 6.23. The van der Waals surface area contributed by atoms with Gasteiger partial charge in [0.1, 0.15) is 11.5 Å². The molecule has 2 amide bonds. The van der Waals surface area contributed by atoms with Crippen LogP contribution in [0.15, 0.2) is 29.3 Å². The fourth-order valence-corrected chi connectivity index (χ4v) is 3.46. The van der Waals surface area contributed by atoms with Crippen molar-refractivity contribution in [1.82, 2.24) is 0 Å². The average Bonchev–Trinajstić information content (AvgIpc) is 2.78. The van der Waals surface area contributed by atoms with E-state index in [9.17, 15) is 9.59 Å². The van der Waals surface area contributed by atoms with Crippen LogP contribution in [-0.2, 0) is 9.59 Å². The molecule has 0 unspecified atom stereocenters. The van der Waals surface area contributed by atoms with Gasteiger partial charge in [-0.25, -0.2) is 4.90 Å². The molecule has 0 bridgehead atoms. The van der Waals surface area contributed by atoms with E-state index in [1.54, 1.807) is 25.3 Å². The summed E-state index contributed by atoms with van der Waals surface area (Å²) in [5.41, 5.74) is 2.89. The van der Waals surface area contributed by atoms with E-state index in [1.807, 2.05) is 13.8 Å². The monoisotopic (exact) mass is 315 g/mol. The third kappa shape index (κ3) is 2.40. The van der Waals surface area contributed by atoms with Crippen molar-refractivity contribution in [1.29, 1.82) is 0 Å². The summed E-state index contributed by atoms with van der Waals surface area (Å²) in [5, 5.41) is 0. The van der Waals surface area contributed by atoms with E-state index in [4.69, 9.17) is 9.47 Å². The molecule has 1 aromatic carbocycles. The van der Waals surface area contributed by atoms with E-state index in [0.29, 0.717) is 30.0 Å². The van der Waals surface area contributed by atoms with E-state index in [1.165, 1.54) is 23.2 Å². The molecule has 1 heterocycles. The molecule has 23 heavy (non-hydrogen) atoms. The lowest BCUT2D eigenvalue weighted by Crippen LogP contribution is -2.31. The number of carbonyl (C=O) groups excluding carboxylic acids is 2. The summed E-state index contributed by atoms with van der Waals surface area (Å²) in [7, 11) is 3.08. The van der Waals surface area contributed by atoms with Crippen molar-refractivity contribution < 1.29 is 19.1 Å². The first-order chi connectivity index (χ1) is 11.0. The van der Waals surface area contributed by atoms with Crippen LogP contribution in [0.5, 0.6) is 11.5 Å². The zero-order chi connectivity index (χ0) is 16.7. The molecule has 0 aromatic heterocycles. The van der Waals surface area contributed by atoms with Crippen molar-refractivity contribution in [2.75, 3.05) is 19.1 Å². The maximum absolute atomic E-state index is 12.9. The zero-order valence-electron chi connectivity index (χ0n) is 13.9. The quantitative estimate of drug-likeness (QED) is 0.636. The van der Waals surface area contributed by atoms with Crippen LogP contribution >= 0.6 is 0 Å². The van der Waals surface area contributed by atoms with Gasteiger partial charge in [0.05, 0.1) is 31.7 Å². The lowest BCUT2D eigenvalue weighted by atomic mass is 9.78. The Balaban J connectivity index is 2.03. The molecule has 3 rings (SSSR count). The van der Waals surface area contributed by atoms with E-state index < -0.39 is 0 Å². The van der Waals surface area contributed by atoms with Gasteiger partial charge in [0.2, 0.25) is 11.8 Å². The smallest absolute Gasteiger partial charge is 0.238 e. The second-order valence-corrected chi connectivity index (χ2v) is 6.23. The average molecular weight is 315 g/mol. The van der Waals surface area contributed by atoms with Crippen LogP contribution in [0.4, 0.5) is 5.69 Å². The van der Waals surface area contributed by atoms with Crippen molar-refractivity contribution in [2.45, 2.75) is 26.7 Å². The fraction of sp³-hybridized carbons (Fsp3) is 0.444. The molecule has 0 radical (unpaired) electrons. The molecule has 0 spiro atoms. The number of amides is 2. The summed E-state index contributed by atoms with van der Waals surface area (Å²) in [4.78, 5) is 27.0. The molecule has 5 nitrogen and oxygen atoms in total. The van der Waals surface area contributed by atoms with Crippen LogP contribution in [0.3, 0.4) is 0 Å². The highest BCUT2D eigenvalue weighted by Gasteiger charge is 2.50. The van der Waals surface area contributed by atoms with Crippen LogP contribution in [0.25, 0.3) is 0 Å². The summed E-state index contributed by atoms with van der Waals surface area (Å²) in [6.45, 7) is 4.08. The Hall–Kier alpha value is -2.30. The fourth-order valence-electron chi connectivity index (χ4n) is 3.46. The molecule has 5 heteroatoms. The number of methoxy groups -OCH3 is 2. The molecule has 1 aliphatic heterocycles. The number of fused-ring (bicyclic) bond motifs is 1. The number of benzene rings is 1. The van der Waals surface area contributed by atoms with Gasteiger partial charge in [-0.3, -0.25) is 9.59 Å². The minimum Gasteiger partial charge on any atom is -0.497 e. The maximum atomic E-state index is 12.9. The Labute approximate surface area is 135 Å². The van der Waals surface area contributed by atoms with E-state index in [0.717, 1.165) is 0 Å². The van der Waals surface area contributed by atoms with Crippen molar-refractivity contribution >= 4 is 17.5 Å². The van der Waals surface area contributed by atoms with E-state index >= 15 is 0 Å². The summed E-state index contributed by atoms with van der Waals surface area (Å²) >= 11 is 0. The summed E-state index contributed by atoms with van der Waals surface area (Å²) < 4.78 is 10.6. The number of carbonyl (C=O) groups is 2. The molecular weight excluding hydrogens is 294 g/mol. The van der Waals surface area contributed by atoms with Crippen molar-refractivity contribution in [3.05, 3.63) is 29.3 Å². The minimum atomic E-state index is -0.262. The zero-order valence-corrected chi connectivity index (χ0v) is 13.9. The van der Waals surface area contributed by atoms with Gasteiger partial charge < -0.3 is 9.47 Å². The number of imide groups is 1. The van der Waals surface area contributed by atoms with Gasteiger partial charge in [-0.15, -0.1) is 0 Å². The summed E-state index contributed by atoms with van der Waals surface area (Å²) in [6, 6.07) is 5.14. The molecule has 1 aliphatic carbocycles. The van der Waals surface area contributed by atoms with Gasteiger partial charge in [0, 0.05) is 6.07 Å².